The van der Waals surface area contributed by atoms with Crippen LogP contribution in [0.3, 0.4) is 0 Å². The molecule has 19 heavy (non-hydrogen) atoms. The molecule has 1 aliphatic heterocycles. The quantitative estimate of drug-likeness (QED) is 0.899. The Morgan fingerprint density at radius 2 is 2.05 bits per heavy atom. The predicted octanol–water partition coefficient (Wildman–Crippen LogP) is 1.71. The average molecular weight is 285 g/mol. The van der Waals surface area contributed by atoms with Crippen LogP contribution in [0.25, 0.3) is 0 Å². The lowest BCUT2D eigenvalue weighted by molar-refractivity contribution is -0.148. The van der Waals surface area contributed by atoms with Crippen molar-refractivity contribution in [1.82, 2.24) is 10.2 Å². The minimum absolute atomic E-state index is 0.119. The molecule has 0 aliphatic carbocycles. The molecular weight excluding hydrogens is 271 g/mol. The van der Waals surface area contributed by atoms with E-state index in [1.165, 1.54) is 23.1 Å². The van der Waals surface area contributed by atoms with Crippen molar-refractivity contribution >= 4 is 23.4 Å². The highest BCUT2D eigenvalue weighted by atomic mass is 35.5. The fourth-order valence-electron chi connectivity index (χ4n) is 2.04. The molecule has 2 unspecified atom stereocenters. The van der Waals surface area contributed by atoms with Crippen LogP contribution in [0.5, 0.6) is 0 Å². The first-order valence-electron chi connectivity index (χ1n) is 5.95. The summed E-state index contributed by atoms with van der Waals surface area (Å²) in [6.07, 6.45) is 0. The summed E-state index contributed by atoms with van der Waals surface area (Å²) in [5.74, 6) is -0.846. The fraction of sp³-hybridized carbons (Fsp3) is 0.385. The van der Waals surface area contributed by atoms with E-state index in [-0.39, 0.29) is 18.4 Å². The number of hydrogen-bond donors (Lipinski definition) is 1. The molecule has 102 valence electrons. The Labute approximate surface area is 115 Å². The molecule has 2 amide bonds. The third-order valence-electron chi connectivity index (χ3n) is 3.21. The summed E-state index contributed by atoms with van der Waals surface area (Å²) >= 11 is 5.98. The monoisotopic (exact) mass is 284 g/mol. The summed E-state index contributed by atoms with van der Waals surface area (Å²) in [5, 5.41) is 2.96. The van der Waals surface area contributed by atoms with Gasteiger partial charge in [0.25, 0.3) is 0 Å². The van der Waals surface area contributed by atoms with Gasteiger partial charge in [0.15, 0.2) is 0 Å². The Morgan fingerprint density at radius 1 is 1.37 bits per heavy atom. The van der Waals surface area contributed by atoms with Crippen LogP contribution >= 0.6 is 11.6 Å². The summed E-state index contributed by atoms with van der Waals surface area (Å²) in [5.41, 5.74) is 0.490. The molecule has 1 aromatic rings. The highest BCUT2D eigenvalue weighted by molar-refractivity contribution is 6.31. The fourth-order valence-corrected chi connectivity index (χ4v) is 2.22. The molecule has 0 spiro atoms. The maximum atomic E-state index is 13.2. The number of carbonyl (C=O) groups is 2. The number of piperazine rings is 1. The van der Waals surface area contributed by atoms with Gasteiger partial charge in [-0.15, -0.1) is 0 Å². The SMILES string of the molecule is CC1NC(=O)C(C)N(Cc2cc(F)ccc2Cl)C1=O. The van der Waals surface area contributed by atoms with E-state index >= 15 is 0 Å². The molecule has 0 aromatic heterocycles. The molecule has 0 bridgehead atoms. The predicted molar refractivity (Wildman–Crippen MR) is 69.0 cm³/mol. The van der Waals surface area contributed by atoms with Gasteiger partial charge >= 0.3 is 0 Å². The van der Waals surface area contributed by atoms with Gasteiger partial charge in [0, 0.05) is 11.6 Å². The van der Waals surface area contributed by atoms with Crippen molar-refractivity contribution in [3.05, 3.63) is 34.6 Å². The molecule has 2 rings (SSSR count). The van der Waals surface area contributed by atoms with Crippen LogP contribution in [-0.2, 0) is 16.1 Å². The number of nitrogens with one attached hydrogen (secondary N) is 1. The third kappa shape index (κ3) is 2.71. The van der Waals surface area contributed by atoms with Crippen LogP contribution in [0.4, 0.5) is 4.39 Å². The van der Waals surface area contributed by atoms with Crippen LogP contribution in [0.2, 0.25) is 5.02 Å². The number of halogens is 2. The maximum Gasteiger partial charge on any atom is 0.245 e. The van der Waals surface area contributed by atoms with Gasteiger partial charge < -0.3 is 10.2 Å². The van der Waals surface area contributed by atoms with E-state index in [4.69, 9.17) is 11.6 Å². The molecule has 4 nitrogen and oxygen atoms in total. The van der Waals surface area contributed by atoms with E-state index in [0.29, 0.717) is 10.6 Å². The summed E-state index contributed by atoms with van der Waals surface area (Å²) in [4.78, 5) is 25.2. The number of benzene rings is 1. The highest BCUT2D eigenvalue weighted by Gasteiger charge is 2.35. The molecule has 2 atom stereocenters. The normalized spacial score (nSPS) is 23.5. The second-order valence-electron chi connectivity index (χ2n) is 4.61. The van der Waals surface area contributed by atoms with Gasteiger partial charge in [-0.2, -0.15) is 0 Å². The second kappa shape index (κ2) is 5.17. The number of nitrogens with zero attached hydrogens (tertiary/aromatic N) is 1. The van der Waals surface area contributed by atoms with Crippen molar-refractivity contribution in [2.45, 2.75) is 32.5 Å². The van der Waals surface area contributed by atoms with Gasteiger partial charge in [-0.3, -0.25) is 9.59 Å². The van der Waals surface area contributed by atoms with Crippen LogP contribution in [0, 0.1) is 5.82 Å². The lowest BCUT2D eigenvalue weighted by atomic mass is 10.1. The van der Waals surface area contributed by atoms with Crippen molar-refractivity contribution in [3.8, 4) is 0 Å². The van der Waals surface area contributed by atoms with Gasteiger partial charge in [0.2, 0.25) is 11.8 Å². The Kier molecular flexibility index (Phi) is 3.75. The van der Waals surface area contributed by atoms with Gasteiger partial charge in [0.05, 0.1) is 0 Å². The van der Waals surface area contributed by atoms with Crippen LogP contribution in [0.1, 0.15) is 19.4 Å². The Morgan fingerprint density at radius 3 is 2.74 bits per heavy atom. The molecule has 0 saturated carbocycles. The summed E-state index contributed by atoms with van der Waals surface area (Å²) in [6, 6.07) is 2.80. The average Bonchev–Trinajstić information content (AvgIpc) is 2.36. The van der Waals surface area contributed by atoms with Gasteiger partial charge in [0.1, 0.15) is 17.9 Å². The van der Waals surface area contributed by atoms with Crippen molar-refractivity contribution in [3.63, 3.8) is 0 Å². The van der Waals surface area contributed by atoms with Gasteiger partial charge in [-0.25, -0.2) is 4.39 Å². The van der Waals surface area contributed by atoms with E-state index in [1.54, 1.807) is 13.8 Å². The molecule has 1 aliphatic rings. The Hall–Kier alpha value is -1.62. The van der Waals surface area contributed by atoms with Gasteiger partial charge in [-0.1, -0.05) is 11.6 Å². The third-order valence-corrected chi connectivity index (χ3v) is 3.58. The van der Waals surface area contributed by atoms with Gasteiger partial charge in [-0.05, 0) is 37.6 Å². The lowest BCUT2D eigenvalue weighted by Crippen LogP contribution is -2.60. The Balaban J connectivity index is 2.27. The first-order chi connectivity index (χ1) is 8.90. The lowest BCUT2D eigenvalue weighted by Gasteiger charge is -2.36. The molecule has 1 saturated heterocycles. The van der Waals surface area contributed by atoms with E-state index in [0.717, 1.165) is 0 Å². The second-order valence-corrected chi connectivity index (χ2v) is 5.02. The maximum absolute atomic E-state index is 13.2. The van der Waals surface area contributed by atoms with Crippen LogP contribution in [0.15, 0.2) is 18.2 Å². The smallest absolute Gasteiger partial charge is 0.245 e. The first-order valence-corrected chi connectivity index (χ1v) is 6.32. The summed E-state index contributed by atoms with van der Waals surface area (Å²) in [6.45, 7) is 3.37. The molecule has 6 heteroatoms. The zero-order chi connectivity index (χ0) is 14.2. The molecule has 1 N–H and O–H groups in total. The number of amides is 2. The Bertz CT molecular complexity index is 535. The number of carbonyl (C=O) groups excluding carboxylic acids is 2. The van der Waals surface area contributed by atoms with Crippen LogP contribution in [-0.4, -0.2) is 28.8 Å². The number of rotatable bonds is 2. The minimum Gasteiger partial charge on any atom is -0.343 e. The zero-order valence-electron chi connectivity index (χ0n) is 10.6. The standard InChI is InChI=1S/C13H14ClFN2O2/c1-7-13(19)17(8(2)12(18)16-7)6-9-5-10(15)3-4-11(9)14/h3-5,7-8H,6H2,1-2H3,(H,16,18). The molecule has 1 fully saturated rings. The summed E-state index contributed by atoms with van der Waals surface area (Å²) in [7, 11) is 0. The molecule has 1 aromatic carbocycles. The van der Waals surface area contributed by atoms with Crippen molar-refractivity contribution in [1.29, 1.82) is 0 Å². The topological polar surface area (TPSA) is 49.4 Å². The van der Waals surface area contributed by atoms with Crippen molar-refractivity contribution in [2.24, 2.45) is 0 Å². The zero-order valence-corrected chi connectivity index (χ0v) is 11.4. The largest absolute Gasteiger partial charge is 0.343 e. The molecular formula is C13H14ClFN2O2. The van der Waals surface area contributed by atoms with E-state index < -0.39 is 17.9 Å². The summed E-state index contributed by atoms with van der Waals surface area (Å²) < 4.78 is 13.2. The highest BCUT2D eigenvalue weighted by Crippen LogP contribution is 2.21. The molecule has 1 heterocycles. The molecule has 0 radical (unpaired) electrons. The van der Waals surface area contributed by atoms with Crippen LogP contribution < -0.4 is 5.32 Å². The first kappa shape index (κ1) is 13.8. The van der Waals surface area contributed by atoms with E-state index in [9.17, 15) is 14.0 Å². The number of hydrogen-bond acceptors (Lipinski definition) is 2. The van der Waals surface area contributed by atoms with Crippen molar-refractivity contribution in [2.75, 3.05) is 0 Å². The van der Waals surface area contributed by atoms with Crippen molar-refractivity contribution < 1.29 is 14.0 Å². The van der Waals surface area contributed by atoms with E-state index in [2.05, 4.69) is 5.32 Å². The minimum atomic E-state index is -0.594. The van der Waals surface area contributed by atoms with E-state index in [1.807, 2.05) is 0 Å².